The molecule has 0 amide bonds. The third-order valence-corrected chi connectivity index (χ3v) is 7.83. The first-order chi connectivity index (χ1) is 18.6. The molecular formula is C28H30F2N6O3. The summed E-state index contributed by atoms with van der Waals surface area (Å²) in [5.41, 5.74) is 3.63. The Balaban J connectivity index is 1.57. The van der Waals surface area contributed by atoms with Gasteiger partial charge in [-0.1, -0.05) is 0 Å². The third kappa shape index (κ3) is 4.25. The smallest absolute Gasteiger partial charge is 0.264 e. The Labute approximate surface area is 223 Å². The molecule has 9 nitrogen and oxygen atoms in total. The SMILES string of the molecule is Cc1cc2c(N3CCCc4cc(-c5cnn(C)c5)c(C(F)F)cc43)nc(N3CC(O)C(O)C3)cc2n(C)c1=O. The number of hydrogen-bond donors (Lipinski definition) is 2. The predicted octanol–water partition coefficient (Wildman–Crippen LogP) is 3.21. The van der Waals surface area contributed by atoms with Crippen LogP contribution in [0.15, 0.2) is 41.5 Å². The van der Waals surface area contributed by atoms with Gasteiger partial charge in [-0.3, -0.25) is 9.48 Å². The van der Waals surface area contributed by atoms with Crippen molar-refractivity contribution in [1.82, 2.24) is 19.3 Å². The molecule has 0 spiro atoms. The average Bonchev–Trinajstić information content (AvgIpc) is 3.50. The number of aliphatic hydroxyl groups is 2. The number of aryl methyl sites for hydroxylation is 4. The minimum atomic E-state index is -2.69. The second-order valence-electron chi connectivity index (χ2n) is 10.5. The summed E-state index contributed by atoms with van der Waals surface area (Å²) in [5.74, 6) is 1.05. The maximum atomic E-state index is 14.4. The molecule has 5 heterocycles. The van der Waals surface area contributed by atoms with Gasteiger partial charge >= 0.3 is 0 Å². The van der Waals surface area contributed by atoms with E-state index >= 15 is 0 Å². The second kappa shape index (κ2) is 9.42. The highest BCUT2D eigenvalue weighted by atomic mass is 19.3. The summed E-state index contributed by atoms with van der Waals surface area (Å²) >= 11 is 0. The van der Waals surface area contributed by atoms with Crippen LogP contribution in [-0.4, -0.2) is 61.4 Å². The number of β-amino-alcohol motifs (C(OH)–C–C–N with tert-alkyl or cyclic N) is 2. The molecule has 3 aromatic heterocycles. The fraction of sp³-hybridized carbons (Fsp3) is 0.393. The van der Waals surface area contributed by atoms with Gasteiger partial charge < -0.3 is 24.6 Å². The number of benzene rings is 1. The molecule has 2 atom stereocenters. The minimum Gasteiger partial charge on any atom is -0.389 e. The molecule has 6 rings (SSSR count). The van der Waals surface area contributed by atoms with Crippen LogP contribution in [0, 0.1) is 6.92 Å². The predicted molar refractivity (Wildman–Crippen MR) is 145 cm³/mol. The number of alkyl halides is 2. The van der Waals surface area contributed by atoms with Gasteiger partial charge in [0.25, 0.3) is 12.0 Å². The average molecular weight is 537 g/mol. The van der Waals surface area contributed by atoms with Gasteiger partial charge in [0.15, 0.2) is 0 Å². The number of nitrogens with zero attached hydrogens (tertiary/aromatic N) is 6. The van der Waals surface area contributed by atoms with E-state index in [9.17, 15) is 23.8 Å². The van der Waals surface area contributed by atoms with Crippen molar-refractivity contribution in [3.8, 4) is 11.1 Å². The van der Waals surface area contributed by atoms with Gasteiger partial charge in [0.2, 0.25) is 0 Å². The summed E-state index contributed by atoms with van der Waals surface area (Å²) in [6, 6.07) is 6.97. The molecule has 0 aliphatic carbocycles. The van der Waals surface area contributed by atoms with Crippen LogP contribution in [0.25, 0.3) is 22.0 Å². The molecule has 0 radical (unpaired) electrons. The summed E-state index contributed by atoms with van der Waals surface area (Å²) in [5, 5.41) is 25.2. The standard InChI is InChI=1S/C28H30F2N6O3/c1-15-7-20-22(34(3)28(15)39)10-25(35-13-23(37)24(38)14-35)32-27(20)36-6-4-5-16-8-18(17-11-31-33(2)12-17)19(26(29)30)9-21(16)36/h7-12,23-24,26,37-38H,4-6,13-14H2,1-3H3. The summed E-state index contributed by atoms with van der Waals surface area (Å²) in [6.07, 6.45) is 0.311. The second-order valence-corrected chi connectivity index (χ2v) is 10.5. The number of anilines is 3. The van der Waals surface area contributed by atoms with Crippen LogP contribution in [0.3, 0.4) is 0 Å². The number of rotatable bonds is 4. The number of halogens is 2. The Morgan fingerprint density at radius 1 is 1.08 bits per heavy atom. The Hall–Kier alpha value is -3.83. The van der Waals surface area contributed by atoms with E-state index in [1.807, 2.05) is 11.0 Å². The molecule has 4 aromatic rings. The number of aromatic nitrogens is 4. The summed E-state index contributed by atoms with van der Waals surface area (Å²) < 4.78 is 32.0. The van der Waals surface area contributed by atoms with Crippen LogP contribution in [-0.2, 0) is 20.5 Å². The number of pyridine rings is 2. The van der Waals surface area contributed by atoms with Crippen molar-refractivity contribution in [3.05, 3.63) is 63.7 Å². The highest BCUT2D eigenvalue weighted by molar-refractivity contribution is 5.95. The van der Waals surface area contributed by atoms with Crippen LogP contribution in [0.4, 0.5) is 26.1 Å². The maximum absolute atomic E-state index is 14.4. The lowest BCUT2D eigenvalue weighted by atomic mass is 9.93. The van der Waals surface area contributed by atoms with Crippen LogP contribution in [0.1, 0.15) is 29.5 Å². The Morgan fingerprint density at radius 3 is 2.49 bits per heavy atom. The van der Waals surface area contributed by atoms with Gasteiger partial charge in [-0.2, -0.15) is 5.10 Å². The van der Waals surface area contributed by atoms with Gasteiger partial charge in [0.1, 0.15) is 11.6 Å². The van der Waals surface area contributed by atoms with E-state index in [-0.39, 0.29) is 24.2 Å². The Bertz CT molecular complexity index is 1640. The van der Waals surface area contributed by atoms with Gasteiger partial charge in [0, 0.05) is 73.8 Å². The highest BCUT2D eigenvalue weighted by Crippen LogP contribution is 2.43. The molecule has 204 valence electrons. The Kier molecular flexibility index (Phi) is 6.15. The first-order valence-corrected chi connectivity index (χ1v) is 13.0. The molecule has 0 bridgehead atoms. The van der Waals surface area contributed by atoms with Crippen LogP contribution >= 0.6 is 0 Å². The first-order valence-electron chi connectivity index (χ1n) is 13.0. The van der Waals surface area contributed by atoms with Crippen LogP contribution in [0.2, 0.25) is 0 Å². The van der Waals surface area contributed by atoms with Gasteiger partial charge in [-0.05, 0) is 49.1 Å². The maximum Gasteiger partial charge on any atom is 0.264 e. The molecule has 39 heavy (non-hydrogen) atoms. The van der Waals surface area contributed by atoms with Crippen molar-refractivity contribution < 1.29 is 19.0 Å². The Morgan fingerprint density at radius 2 is 1.82 bits per heavy atom. The number of aliphatic hydroxyl groups excluding tert-OH is 2. The molecule has 11 heteroatoms. The molecular weight excluding hydrogens is 506 g/mol. The molecule has 2 aliphatic rings. The van der Waals surface area contributed by atoms with Crippen molar-refractivity contribution in [2.45, 2.75) is 38.4 Å². The van der Waals surface area contributed by atoms with E-state index in [1.54, 1.807) is 65.8 Å². The van der Waals surface area contributed by atoms with Gasteiger partial charge in [-0.25, -0.2) is 13.8 Å². The zero-order valence-corrected chi connectivity index (χ0v) is 22.0. The third-order valence-electron chi connectivity index (χ3n) is 7.83. The summed E-state index contributed by atoms with van der Waals surface area (Å²) in [7, 11) is 3.45. The number of hydrogen-bond acceptors (Lipinski definition) is 7. The van der Waals surface area contributed by atoms with E-state index in [4.69, 9.17) is 4.98 Å². The molecule has 2 N–H and O–H groups in total. The quantitative estimate of drug-likeness (QED) is 0.413. The monoisotopic (exact) mass is 536 g/mol. The summed E-state index contributed by atoms with van der Waals surface area (Å²) in [6.45, 7) is 2.69. The van der Waals surface area contributed by atoms with Crippen molar-refractivity contribution in [1.29, 1.82) is 0 Å². The molecule has 2 aliphatic heterocycles. The van der Waals surface area contributed by atoms with Gasteiger partial charge in [0.05, 0.1) is 23.9 Å². The van der Waals surface area contributed by atoms with Crippen molar-refractivity contribution in [3.63, 3.8) is 0 Å². The fourth-order valence-electron chi connectivity index (χ4n) is 5.77. The molecule has 1 aromatic carbocycles. The van der Waals surface area contributed by atoms with E-state index in [1.165, 1.54) is 0 Å². The van der Waals surface area contributed by atoms with Crippen molar-refractivity contribution in [2.24, 2.45) is 14.1 Å². The fourth-order valence-corrected chi connectivity index (χ4v) is 5.77. The number of fused-ring (bicyclic) bond motifs is 2. The van der Waals surface area contributed by atoms with E-state index in [0.29, 0.717) is 46.1 Å². The largest absolute Gasteiger partial charge is 0.389 e. The normalized spacial score (nSPS) is 19.4. The van der Waals surface area contributed by atoms with Crippen molar-refractivity contribution in [2.75, 3.05) is 29.4 Å². The molecule has 1 saturated heterocycles. The highest BCUT2D eigenvalue weighted by Gasteiger charge is 2.32. The van der Waals surface area contributed by atoms with E-state index in [2.05, 4.69) is 5.10 Å². The topological polar surface area (TPSA) is 99.7 Å². The molecule has 0 saturated carbocycles. The van der Waals surface area contributed by atoms with Crippen LogP contribution < -0.4 is 15.4 Å². The molecule has 1 fully saturated rings. The lowest BCUT2D eigenvalue weighted by Crippen LogP contribution is -2.29. The van der Waals surface area contributed by atoms with Crippen molar-refractivity contribution >= 4 is 28.2 Å². The molecule has 2 unspecified atom stereocenters. The lowest BCUT2D eigenvalue weighted by molar-refractivity contribution is 0.0572. The van der Waals surface area contributed by atoms with Gasteiger partial charge in [-0.15, -0.1) is 0 Å². The minimum absolute atomic E-state index is 0.0801. The zero-order valence-electron chi connectivity index (χ0n) is 22.0. The van der Waals surface area contributed by atoms with Crippen LogP contribution in [0.5, 0.6) is 0 Å². The first kappa shape index (κ1) is 25.4. The summed E-state index contributed by atoms with van der Waals surface area (Å²) in [4.78, 5) is 21.5. The van der Waals surface area contributed by atoms with E-state index in [0.717, 1.165) is 23.8 Å². The van der Waals surface area contributed by atoms with E-state index < -0.39 is 18.6 Å². The lowest BCUT2D eigenvalue weighted by Gasteiger charge is -2.33. The zero-order chi connectivity index (χ0) is 27.6.